The highest BCUT2D eigenvalue weighted by Gasteiger charge is 2.24. The van der Waals surface area contributed by atoms with Crippen molar-refractivity contribution < 1.29 is 4.79 Å². The van der Waals surface area contributed by atoms with E-state index in [9.17, 15) is 9.59 Å². The number of nitrogens with one attached hydrogen (secondary N) is 2. The van der Waals surface area contributed by atoms with E-state index in [1.54, 1.807) is 17.8 Å². The molecule has 1 atom stereocenters. The van der Waals surface area contributed by atoms with Gasteiger partial charge in [-0.15, -0.1) is 10.2 Å². The molecule has 2 N–H and O–H groups in total. The van der Waals surface area contributed by atoms with E-state index in [1.165, 1.54) is 17.7 Å². The summed E-state index contributed by atoms with van der Waals surface area (Å²) >= 11 is 2.99. The first-order valence-corrected chi connectivity index (χ1v) is 9.97. The number of likely N-dealkylation sites (tertiary alicyclic amines) is 1. The second-order valence-corrected chi connectivity index (χ2v) is 8.25. The lowest BCUT2D eigenvalue weighted by Crippen LogP contribution is -2.40. The number of amides is 1. The molecule has 1 aliphatic heterocycles. The van der Waals surface area contributed by atoms with Gasteiger partial charge in [-0.25, -0.2) is 4.98 Å². The van der Waals surface area contributed by atoms with Gasteiger partial charge in [0.15, 0.2) is 4.34 Å². The van der Waals surface area contributed by atoms with Crippen LogP contribution in [-0.2, 0) is 4.79 Å². The molecule has 1 fully saturated rings. The Kier molecular flexibility index (Phi) is 6.16. The summed E-state index contributed by atoms with van der Waals surface area (Å²) in [6.07, 6.45) is 3.38. The van der Waals surface area contributed by atoms with Crippen LogP contribution in [0.25, 0.3) is 0 Å². The van der Waals surface area contributed by atoms with Gasteiger partial charge in [0.2, 0.25) is 11.0 Å². The van der Waals surface area contributed by atoms with Gasteiger partial charge in [0, 0.05) is 18.5 Å². The Morgan fingerprint density at radius 1 is 1.52 bits per heavy atom. The van der Waals surface area contributed by atoms with Gasteiger partial charge in [-0.3, -0.25) is 19.8 Å². The monoisotopic (exact) mass is 380 g/mol. The highest BCUT2D eigenvalue weighted by atomic mass is 32.2. The number of hydrogen-bond acceptors (Lipinski definition) is 8. The summed E-state index contributed by atoms with van der Waals surface area (Å²) in [5, 5.41) is 11.4. The normalized spacial score (nSPS) is 18.2. The molecule has 0 radical (unpaired) electrons. The number of anilines is 1. The molecule has 2 aromatic heterocycles. The lowest BCUT2D eigenvalue weighted by Gasteiger charge is -2.31. The summed E-state index contributed by atoms with van der Waals surface area (Å²) in [5.74, 6) is 1.01. The van der Waals surface area contributed by atoms with E-state index in [0.29, 0.717) is 11.7 Å². The summed E-state index contributed by atoms with van der Waals surface area (Å²) in [6, 6.07) is 1.54. The zero-order valence-electron chi connectivity index (χ0n) is 13.9. The quantitative estimate of drug-likeness (QED) is 0.579. The number of nitrogens with zero attached hydrogens (tertiary/aromatic N) is 4. The SMILES string of the molecule is CCSc1nnc(NC(=O)CN2CCCC(c3cc(=O)[nH]cn3)C2)s1. The van der Waals surface area contributed by atoms with Crippen molar-refractivity contribution in [3.63, 3.8) is 0 Å². The van der Waals surface area contributed by atoms with Crippen molar-refractivity contribution in [2.75, 3.05) is 30.7 Å². The van der Waals surface area contributed by atoms with Crippen LogP contribution in [0.3, 0.4) is 0 Å². The molecule has 25 heavy (non-hydrogen) atoms. The van der Waals surface area contributed by atoms with Crippen molar-refractivity contribution in [3.8, 4) is 0 Å². The molecule has 0 aromatic carbocycles. The molecule has 0 bridgehead atoms. The maximum absolute atomic E-state index is 12.3. The average Bonchev–Trinajstić information content (AvgIpc) is 3.02. The number of hydrogen-bond donors (Lipinski definition) is 2. The Balaban J connectivity index is 1.54. The highest BCUT2D eigenvalue weighted by Crippen LogP contribution is 2.26. The van der Waals surface area contributed by atoms with Crippen LogP contribution in [0.15, 0.2) is 21.5 Å². The minimum absolute atomic E-state index is 0.0938. The number of piperidine rings is 1. The first-order chi connectivity index (χ1) is 12.1. The number of aromatic amines is 1. The molecule has 0 spiro atoms. The van der Waals surface area contributed by atoms with E-state index in [0.717, 1.165) is 41.7 Å². The van der Waals surface area contributed by atoms with Crippen molar-refractivity contribution in [2.24, 2.45) is 0 Å². The van der Waals surface area contributed by atoms with Crippen molar-refractivity contribution in [2.45, 2.75) is 30.0 Å². The second-order valence-electron chi connectivity index (χ2n) is 5.76. The Morgan fingerprint density at radius 2 is 2.40 bits per heavy atom. The van der Waals surface area contributed by atoms with Gasteiger partial charge in [-0.1, -0.05) is 30.0 Å². The molecule has 2 aromatic rings. The molecule has 1 unspecified atom stereocenters. The van der Waals surface area contributed by atoms with Gasteiger partial charge in [0.1, 0.15) is 0 Å². The number of rotatable bonds is 6. The van der Waals surface area contributed by atoms with Crippen molar-refractivity contribution in [3.05, 3.63) is 28.4 Å². The molecule has 1 aliphatic rings. The third-order valence-corrected chi connectivity index (χ3v) is 5.77. The van der Waals surface area contributed by atoms with Crippen molar-refractivity contribution in [1.82, 2.24) is 25.1 Å². The van der Waals surface area contributed by atoms with Crippen LogP contribution in [0.2, 0.25) is 0 Å². The predicted molar refractivity (Wildman–Crippen MR) is 98.2 cm³/mol. The average molecular weight is 380 g/mol. The number of H-pyrrole nitrogens is 1. The fourth-order valence-electron chi connectivity index (χ4n) is 2.85. The van der Waals surface area contributed by atoms with E-state index < -0.39 is 0 Å². The van der Waals surface area contributed by atoms with Gasteiger partial charge in [-0.2, -0.15) is 0 Å². The third kappa shape index (κ3) is 5.10. The van der Waals surface area contributed by atoms with Crippen LogP contribution < -0.4 is 10.9 Å². The number of aromatic nitrogens is 4. The second kappa shape index (κ2) is 8.54. The van der Waals surface area contributed by atoms with Gasteiger partial charge in [-0.05, 0) is 25.1 Å². The minimum atomic E-state index is -0.142. The van der Waals surface area contributed by atoms with E-state index in [4.69, 9.17) is 0 Å². The molecule has 1 saturated heterocycles. The molecule has 10 heteroatoms. The van der Waals surface area contributed by atoms with Gasteiger partial charge < -0.3 is 4.98 Å². The van der Waals surface area contributed by atoms with Crippen LogP contribution in [0.4, 0.5) is 5.13 Å². The molecular weight excluding hydrogens is 360 g/mol. The third-order valence-electron chi connectivity index (χ3n) is 3.91. The summed E-state index contributed by atoms with van der Waals surface area (Å²) < 4.78 is 0.858. The van der Waals surface area contributed by atoms with E-state index in [-0.39, 0.29) is 17.4 Å². The smallest absolute Gasteiger partial charge is 0.250 e. The van der Waals surface area contributed by atoms with Crippen LogP contribution >= 0.6 is 23.1 Å². The Morgan fingerprint density at radius 3 is 3.20 bits per heavy atom. The fraction of sp³-hybridized carbons (Fsp3) is 0.533. The lowest BCUT2D eigenvalue weighted by atomic mass is 9.94. The largest absolute Gasteiger partial charge is 0.313 e. The number of thioether (sulfide) groups is 1. The Bertz CT molecular complexity index is 777. The van der Waals surface area contributed by atoms with Crippen LogP contribution in [0.1, 0.15) is 31.4 Å². The van der Waals surface area contributed by atoms with Crippen molar-refractivity contribution >= 4 is 34.1 Å². The summed E-state index contributed by atoms with van der Waals surface area (Å²) in [4.78, 5) is 32.6. The maximum Gasteiger partial charge on any atom is 0.250 e. The number of carbonyl (C=O) groups excluding carboxylic acids is 1. The molecule has 0 aliphatic carbocycles. The molecule has 8 nitrogen and oxygen atoms in total. The summed E-state index contributed by atoms with van der Waals surface area (Å²) in [6.45, 7) is 3.93. The first kappa shape index (κ1) is 18.0. The zero-order chi connectivity index (χ0) is 17.6. The number of carbonyl (C=O) groups is 1. The molecule has 3 rings (SSSR count). The standard InChI is InChI=1S/C15H20N6O2S2/c1-2-24-15-20-19-14(25-15)18-13(23)8-21-5-3-4-10(7-21)11-6-12(22)17-9-16-11/h6,9-10H,2-5,7-8H2,1H3,(H,16,17,22)(H,18,19,23). The zero-order valence-corrected chi connectivity index (χ0v) is 15.5. The maximum atomic E-state index is 12.3. The first-order valence-electron chi connectivity index (χ1n) is 8.17. The van der Waals surface area contributed by atoms with Gasteiger partial charge in [0.25, 0.3) is 5.56 Å². The van der Waals surface area contributed by atoms with Gasteiger partial charge >= 0.3 is 0 Å². The molecule has 1 amide bonds. The van der Waals surface area contributed by atoms with Crippen LogP contribution in [0, 0.1) is 0 Å². The van der Waals surface area contributed by atoms with Crippen LogP contribution in [-0.4, -0.2) is 56.4 Å². The Hall–Kier alpha value is -1.78. The lowest BCUT2D eigenvalue weighted by molar-refractivity contribution is -0.117. The van der Waals surface area contributed by atoms with E-state index >= 15 is 0 Å². The molecular formula is C15H20N6O2S2. The van der Waals surface area contributed by atoms with E-state index in [2.05, 4.69) is 30.4 Å². The minimum Gasteiger partial charge on any atom is -0.313 e. The molecule has 3 heterocycles. The summed E-state index contributed by atoms with van der Waals surface area (Å²) in [7, 11) is 0. The summed E-state index contributed by atoms with van der Waals surface area (Å²) in [5.41, 5.74) is 0.649. The molecule has 0 saturated carbocycles. The Labute approximate surface area is 153 Å². The fourth-order valence-corrected chi connectivity index (χ4v) is 4.52. The van der Waals surface area contributed by atoms with Crippen LogP contribution in [0.5, 0.6) is 0 Å². The van der Waals surface area contributed by atoms with Gasteiger partial charge in [0.05, 0.1) is 18.6 Å². The topological polar surface area (TPSA) is 104 Å². The van der Waals surface area contributed by atoms with E-state index in [1.807, 2.05) is 6.92 Å². The van der Waals surface area contributed by atoms with Crippen molar-refractivity contribution in [1.29, 1.82) is 0 Å². The highest BCUT2D eigenvalue weighted by molar-refractivity contribution is 8.01. The molecule has 134 valence electrons. The predicted octanol–water partition coefficient (Wildman–Crippen LogP) is 1.55.